The summed E-state index contributed by atoms with van der Waals surface area (Å²) in [4.78, 5) is 11.0. The molecule has 0 aliphatic carbocycles. The van der Waals surface area contributed by atoms with Gasteiger partial charge in [-0.15, -0.1) is 0 Å². The average Bonchev–Trinajstić information content (AvgIpc) is 3.60. The van der Waals surface area contributed by atoms with Gasteiger partial charge in [-0.2, -0.15) is 0 Å². The van der Waals surface area contributed by atoms with Gasteiger partial charge in [-0.1, -0.05) is 64.7 Å². The van der Waals surface area contributed by atoms with E-state index in [0.717, 1.165) is 13.0 Å². The normalized spacial score (nSPS) is 11.7. The van der Waals surface area contributed by atoms with Gasteiger partial charge < -0.3 is 128 Å². The van der Waals surface area contributed by atoms with Crippen molar-refractivity contribution in [1.82, 2.24) is 0 Å². The van der Waals surface area contributed by atoms with E-state index in [9.17, 15) is 4.79 Å². The zero-order chi connectivity index (χ0) is 67.2. The van der Waals surface area contributed by atoms with Gasteiger partial charge in [0.2, 0.25) is 0 Å². The fourth-order valence-electron chi connectivity index (χ4n) is 7.55. The minimum absolute atomic E-state index is 0.237. The van der Waals surface area contributed by atoms with Crippen molar-refractivity contribution in [2.45, 2.75) is 77.6 Å². The topological polar surface area (TPSA) is 266 Å². The quantitative estimate of drug-likeness (QED) is 0.0579. The number of rotatable bonds is 89. The van der Waals surface area contributed by atoms with E-state index in [-0.39, 0.29) is 12.4 Å². The van der Waals surface area contributed by atoms with Crippen LogP contribution in [0.2, 0.25) is 0 Å². The summed E-state index contributed by atoms with van der Waals surface area (Å²) in [7, 11) is 1.35. The molecular formula is C66H132O28. The highest BCUT2D eigenvalue weighted by atomic mass is 16.6. The van der Waals surface area contributed by atoms with Gasteiger partial charge in [0.05, 0.1) is 350 Å². The van der Waals surface area contributed by atoms with E-state index in [2.05, 4.69) is 11.7 Å². The zero-order valence-corrected chi connectivity index (χ0v) is 58.5. The van der Waals surface area contributed by atoms with E-state index in [1.165, 1.54) is 64.9 Å². The Bertz CT molecular complexity index is 1340. The van der Waals surface area contributed by atoms with Crippen molar-refractivity contribution in [3.63, 3.8) is 0 Å². The average molecular weight is 1370 g/mol. The molecule has 0 heterocycles. The number of esters is 1. The first-order valence-electron chi connectivity index (χ1n) is 34.9. The Hall–Kier alpha value is -1.57. The van der Waals surface area contributed by atoms with Crippen LogP contribution in [-0.4, -0.2) is 357 Å². The summed E-state index contributed by atoms with van der Waals surface area (Å²) in [6.45, 7) is 28.1. The Labute approximate surface area is 565 Å². The van der Waals surface area contributed by atoms with Crippen molar-refractivity contribution in [2.75, 3.05) is 351 Å². The van der Waals surface area contributed by atoms with E-state index in [4.69, 9.17) is 123 Å². The number of hydrogen-bond donors (Lipinski definition) is 0. The lowest BCUT2D eigenvalue weighted by atomic mass is 10.1. The van der Waals surface area contributed by atoms with E-state index < -0.39 is 0 Å². The third kappa shape index (κ3) is 88.4. The van der Waals surface area contributed by atoms with Crippen LogP contribution in [0.25, 0.3) is 0 Å². The zero-order valence-electron chi connectivity index (χ0n) is 58.5. The number of carbonyl (C=O) groups excluding carboxylic acids is 1. The summed E-state index contributed by atoms with van der Waals surface area (Å²) in [6, 6.07) is 0. The number of unbranched alkanes of at least 4 members (excludes halogenated alkanes) is 9. The molecule has 94 heavy (non-hydrogen) atoms. The first-order chi connectivity index (χ1) is 46.8. The molecule has 0 aromatic rings. The minimum Gasteiger partial charge on any atom is -0.469 e. The molecule has 0 aliphatic rings. The maximum absolute atomic E-state index is 11.0. The Morgan fingerprint density at radius 3 is 0.415 bits per heavy atom. The molecule has 0 spiro atoms. The van der Waals surface area contributed by atoms with Gasteiger partial charge >= 0.3 is 5.97 Å². The molecule has 0 atom stereocenters. The van der Waals surface area contributed by atoms with Crippen LogP contribution < -0.4 is 0 Å². The Morgan fingerprint density at radius 2 is 0.277 bits per heavy atom. The number of methoxy groups -OCH3 is 1. The van der Waals surface area contributed by atoms with Crippen molar-refractivity contribution in [1.29, 1.82) is 0 Å². The van der Waals surface area contributed by atoms with Gasteiger partial charge in [-0.05, 0) is 6.42 Å². The highest BCUT2D eigenvalue weighted by Crippen LogP contribution is 2.10. The van der Waals surface area contributed by atoms with Crippen molar-refractivity contribution in [2.24, 2.45) is 0 Å². The van der Waals surface area contributed by atoms with E-state index >= 15 is 0 Å². The molecule has 0 N–H and O–H groups in total. The Balaban J connectivity index is 3.09. The van der Waals surface area contributed by atoms with Gasteiger partial charge in [0.25, 0.3) is 0 Å². The van der Waals surface area contributed by atoms with Crippen LogP contribution in [0.5, 0.6) is 0 Å². The van der Waals surface area contributed by atoms with Gasteiger partial charge in [-0.25, -0.2) is 0 Å². The molecule has 0 saturated heterocycles. The monoisotopic (exact) mass is 1370 g/mol. The van der Waals surface area contributed by atoms with Crippen molar-refractivity contribution < 1.29 is 133 Å². The van der Waals surface area contributed by atoms with E-state index in [0.29, 0.717) is 337 Å². The van der Waals surface area contributed by atoms with Crippen LogP contribution in [0.4, 0.5) is 0 Å². The molecule has 0 unspecified atom stereocenters. The summed E-state index contributed by atoms with van der Waals surface area (Å²) >= 11 is 0. The first-order valence-corrected chi connectivity index (χ1v) is 34.9. The lowest BCUT2D eigenvalue weighted by molar-refractivity contribution is -0.141. The molecule has 28 heteroatoms. The summed E-state index contributed by atoms with van der Waals surface area (Å²) < 4.78 is 148. The summed E-state index contributed by atoms with van der Waals surface area (Å²) in [5.41, 5.74) is 0. The third-order valence-corrected chi connectivity index (χ3v) is 12.6. The fourth-order valence-corrected chi connectivity index (χ4v) is 7.55. The second-order valence-electron chi connectivity index (χ2n) is 20.4. The van der Waals surface area contributed by atoms with Crippen molar-refractivity contribution in [3.8, 4) is 0 Å². The molecule has 0 rings (SSSR count). The highest BCUT2D eigenvalue weighted by Gasteiger charge is 2.03. The second-order valence-corrected chi connectivity index (χ2v) is 20.4. The molecule has 0 bridgehead atoms. The van der Waals surface area contributed by atoms with Crippen LogP contribution in [0, 0.1) is 0 Å². The van der Waals surface area contributed by atoms with Crippen molar-refractivity contribution in [3.05, 3.63) is 0 Å². The lowest BCUT2D eigenvalue weighted by Gasteiger charge is -2.09. The van der Waals surface area contributed by atoms with E-state index in [1.807, 2.05) is 0 Å². The molecular weight excluding hydrogens is 1240 g/mol. The molecule has 0 aromatic heterocycles. The van der Waals surface area contributed by atoms with E-state index in [1.54, 1.807) is 0 Å². The minimum atomic E-state index is -0.292. The summed E-state index contributed by atoms with van der Waals surface area (Å²) in [5.74, 6) is -0.292. The van der Waals surface area contributed by atoms with Crippen LogP contribution in [0.1, 0.15) is 77.6 Å². The number of hydrogen-bond acceptors (Lipinski definition) is 28. The molecule has 0 amide bonds. The van der Waals surface area contributed by atoms with Crippen molar-refractivity contribution >= 4 is 5.97 Å². The van der Waals surface area contributed by atoms with Crippen LogP contribution in [0.3, 0.4) is 0 Å². The van der Waals surface area contributed by atoms with Crippen LogP contribution in [-0.2, 0) is 133 Å². The predicted octanol–water partition coefficient (Wildman–Crippen LogP) is 4.90. The predicted molar refractivity (Wildman–Crippen MR) is 350 cm³/mol. The lowest BCUT2D eigenvalue weighted by Crippen LogP contribution is -2.16. The molecule has 0 fully saturated rings. The molecule has 28 nitrogen and oxygen atoms in total. The Morgan fingerprint density at radius 1 is 0.160 bits per heavy atom. The summed E-state index contributed by atoms with van der Waals surface area (Å²) in [5, 5.41) is 0. The maximum atomic E-state index is 11.0. The molecule has 0 aromatic carbocycles. The van der Waals surface area contributed by atoms with Crippen LogP contribution in [0.15, 0.2) is 0 Å². The van der Waals surface area contributed by atoms with Gasteiger partial charge in [0.15, 0.2) is 0 Å². The molecule has 0 radical (unpaired) electrons. The molecule has 564 valence electrons. The molecule has 0 saturated carbocycles. The van der Waals surface area contributed by atoms with Gasteiger partial charge in [0, 0.05) is 6.61 Å². The van der Waals surface area contributed by atoms with Gasteiger partial charge in [-0.3, -0.25) is 4.79 Å². The summed E-state index contributed by atoms with van der Waals surface area (Å²) in [6.07, 6.45) is 13.6. The fraction of sp³-hybridized carbons (Fsp3) is 0.985. The largest absolute Gasteiger partial charge is 0.469 e. The molecule has 0 aliphatic heterocycles. The number of ether oxygens (including phenoxy) is 27. The van der Waals surface area contributed by atoms with Crippen LogP contribution >= 0.6 is 0 Å². The SMILES string of the molecule is CCCCCCCCCCCCOCCOCCOCCOCCOCCOCCOCCOCCOCCOCCOCCOCCOCCOCCOCCOCCOCCOCCOCCOCCOCCOCCOCCOCCOCCOCCC(=O)OC. The highest BCUT2D eigenvalue weighted by molar-refractivity contribution is 5.69. The standard InChI is InChI=1S/C66H132O28/c1-3-4-5-6-7-8-9-10-11-12-14-69-16-18-71-20-22-73-24-26-75-28-30-77-32-34-79-36-38-81-40-42-83-44-46-85-48-50-87-52-54-89-56-58-91-60-62-93-64-65-94-63-61-92-59-57-90-55-53-88-51-49-86-47-45-84-43-41-82-39-37-80-35-33-78-31-29-76-27-25-74-23-21-72-19-17-70-15-13-66(67)68-2/h3-65H2,1-2H3. The third-order valence-electron chi connectivity index (χ3n) is 12.6. The smallest absolute Gasteiger partial charge is 0.307 e. The number of carbonyl (C=O) groups is 1. The second kappa shape index (κ2) is 89.4. The Kier molecular flexibility index (Phi) is 87.9. The maximum Gasteiger partial charge on any atom is 0.307 e. The first kappa shape index (κ1) is 92.4. The van der Waals surface area contributed by atoms with Gasteiger partial charge in [0.1, 0.15) is 0 Å².